The minimum atomic E-state index is -0.933. The first-order valence-corrected chi connectivity index (χ1v) is 13.2. The number of aromatic amines is 1. The van der Waals surface area contributed by atoms with E-state index in [9.17, 15) is 10.2 Å². The molecule has 7 nitrogen and oxygen atoms in total. The number of nitrogens with one attached hydrogen (secondary N) is 1. The summed E-state index contributed by atoms with van der Waals surface area (Å²) in [6.45, 7) is 2.23. The summed E-state index contributed by atoms with van der Waals surface area (Å²) in [6, 6.07) is 9.87. The Labute approximate surface area is 208 Å². The third kappa shape index (κ3) is 5.15. The van der Waals surface area contributed by atoms with Crippen LogP contribution in [-0.2, 0) is 0 Å². The van der Waals surface area contributed by atoms with Crippen molar-refractivity contribution >= 4 is 27.1 Å². The molecule has 2 aliphatic rings. The van der Waals surface area contributed by atoms with Gasteiger partial charge in [-0.3, -0.25) is 4.90 Å². The van der Waals surface area contributed by atoms with Gasteiger partial charge >= 0.3 is 0 Å². The molecule has 182 valence electrons. The van der Waals surface area contributed by atoms with Crippen molar-refractivity contribution in [1.29, 1.82) is 0 Å². The fourth-order valence-corrected chi connectivity index (χ4v) is 5.80. The molecule has 8 heteroatoms. The number of likely N-dealkylation sites (tertiary alicyclic amines) is 1. The first kappa shape index (κ1) is 23.7. The van der Waals surface area contributed by atoms with E-state index in [2.05, 4.69) is 35.8 Å². The highest BCUT2D eigenvalue weighted by atomic mass is 79.9. The quantitative estimate of drug-likeness (QED) is 0.412. The molecular weight excluding hydrogens is 496 g/mol. The Kier molecular flexibility index (Phi) is 7.20. The van der Waals surface area contributed by atoms with Crippen LogP contribution in [0.15, 0.2) is 41.0 Å². The van der Waals surface area contributed by atoms with Crippen molar-refractivity contribution in [3.63, 3.8) is 0 Å². The maximum Gasteiger partial charge on any atom is 0.178 e. The highest BCUT2D eigenvalue weighted by molar-refractivity contribution is 9.10. The van der Waals surface area contributed by atoms with Gasteiger partial charge < -0.3 is 19.9 Å². The molecule has 34 heavy (non-hydrogen) atoms. The number of pyridine rings is 1. The van der Waals surface area contributed by atoms with Gasteiger partial charge in [0.05, 0.1) is 17.2 Å². The second kappa shape index (κ2) is 10.3. The van der Waals surface area contributed by atoms with Crippen molar-refractivity contribution < 1.29 is 14.9 Å². The SMILES string of the molecule is OC(C1CCCCN1CCOc1ccc(-c2nc3ncc(Br)cc3[nH]2)cc1)C1(O)CCCCC1. The lowest BCUT2D eigenvalue weighted by atomic mass is 9.76. The number of hydrogen-bond acceptors (Lipinski definition) is 6. The average Bonchev–Trinajstić information content (AvgIpc) is 3.28. The molecule has 1 aromatic carbocycles. The van der Waals surface area contributed by atoms with Crippen LogP contribution >= 0.6 is 15.9 Å². The van der Waals surface area contributed by atoms with Gasteiger partial charge in [0, 0.05) is 28.8 Å². The van der Waals surface area contributed by atoms with Crippen LogP contribution in [0.1, 0.15) is 51.4 Å². The average molecular weight is 529 g/mol. The van der Waals surface area contributed by atoms with E-state index in [1.165, 1.54) is 0 Å². The number of rotatable bonds is 7. The summed E-state index contributed by atoms with van der Waals surface area (Å²) in [6.07, 6.45) is 8.78. The number of fused-ring (bicyclic) bond motifs is 1. The number of nitrogens with zero attached hydrogens (tertiary/aromatic N) is 3. The first-order chi connectivity index (χ1) is 16.5. The highest BCUT2D eigenvalue weighted by Crippen LogP contribution is 2.35. The predicted molar refractivity (Wildman–Crippen MR) is 136 cm³/mol. The second-order valence-corrected chi connectivity index (χ2v) is 10.6. The molecule has 2 fully saturated rings. The van der Waals surface area contributed by atoms with Crippen molar-refractivity contribution in [2.24, 2.45) is 0 Å². The van der Waals surface area contributed by atoms with Gasteiger partial charge in [0.25, 0.3) is 0 Å². The maximum absolute atomic E-state index is 11.1. The highest BCUT2D eigenvalue weighted by Gasteiger charge is 2.43. The van der Waals surface area contributed by atoms with Gasteiger partial charge in [-0.25, -0.2) is 9.97 Å². The number of piperidine rings is 1. The summed E-state index contributed by atoms with van der Waals surface area (Å²) in [4.78, 5) is 14.5. The van der Waals surface area contributed by atoms with Crippen LogP contribution in [0.4, 0.5) is 0 Å². The summed E-state index contributed by atoms with van der Waals surface area (Å²) >= 11 is 3.44. The molecule has 2 unspecified atom stereocenters. The van der Waals surface area contributed by atoms with E-state index in [0.717, 1.165) is 78.7 Å². The fraction of sp³-hybridized carbons (Fsp3) is 0.538. The Morgan fingerprint density at radius 2 is 1.94 bits per heavy atom. The zero-order valence-electron chi connectivity index (χ0n) is 19.4. The number of H-pyrrole nitrogens is 1. The van der Waals surface area contributed by atoms with Crippen LogP contribution in [-0.4, -0.2) is 67.5 Å². The van der Waals surface area contributed by atoms with E-state index in [1.54, 1.807) is 6.20 Å². The van der Waals surface area contributed by atoms with Crippen LogP contribution in [0, 0.1) is 0 Å². The number of aromatic nitrogens is 3. The zero-order valence-corrected chi connectivity index (χ0v) is 21.0. The van der Waals surface area contributed by atoms with E-state index < -0.39 is 11.7 Å². The normalized spacial score (nSPS) is 22.0. The molecule has 0 radical (unpaired) electrons. The van der Waals surface area contributed by atoms with Gasteiger partial charge in [-0.15, -0.1) is 0 Å². The molecule has 0 amide bonds. The molecule has 2 aromatic heterocycles. The van der Waals surface area contributed by atoms with Gasteiger partial charge in [0.1, 0.15) is 18.2 Å². The Bertz CT molecular complexity index is 1100. The molecule has 3 N–H and O–H groups in total. The summed E-state index contributed by atoms with van der Waals surface area (Å²) in [5.41, 5.74) is 1.62. The predicted octanol–water partition coefficient (Wildman–Crippen LogP) is 4.68. The topological polar surface area (TPSA) is 94.5 Å². The number of halogens is 1. The van der Waals surface area contributed by atoms with E-state index in [0.29, 0.717) is 25.1 Å². The Hall–Kier alpha value is -2.00. The minimum absolute atomic E-state index is 0.00422. The third-order valence-corrected chi connectivity index (χ3v) is 7.81. The van der Waals surface area contributed by atoms with Crippen molar-refractivity contribution in [2.45, 2.75) is 69.1 Å². The minimum Gasteiger partial charge on any atom is -0.492 e. The van der Waals surface area contributed by atoms with Crippen LogP contribution in [0.2, 0.25) is 0 Å². The Morgan fingerprint density at radius 3 is 2.74 bits per heavy atom. The van der Waals surface area contributed by atoms with E-state index in [4.69, 9.17) is 4.74 Å². The Balaban J connectivity index is 1.18. The van der Waals surface area contributed by atoms with Crippen molar-refractivity contribution in [3.8, 4) is 17.1 Å². The molecule has 1 aliphatic carbocycles. The van der Waals surface area contributed by atoms with E-state index in [-0.39, 0.29) is 6.04 Å². The molecule has 0 bridgehead atoms. The van der Waals surface area contributed by atoms with E-state index in [1.807, 2.05) is 30.3 Å². The van der Waals surface area contributed by atoms with Crippen LogP contribution < -0.4 is 4.74 Å². The molecule has 5 rings (SSSR count). The van der Waals surface area contributed by atoms with Crippen molar-refractivity contribution in [2.75, 3.05) is 19.7 Å². The van der Waals surface area contributed by atoms with Gasteiger partial charge in [0.15, 0.2) is 5.65 Å². The van der Waals surface area contributed by atoms with Gasteiger partial charge in [-0.2, -0.15) is 0 Å². The van der Waals surface area contributed by atoms with E-state index >= 15 is 0 Å². The lowest BCUT2D eigenvalue weighted by Crippen LogP contribution is -2.58. The van der Waals surface area contributed by atoms with Crippen LogP contribution in [0.25, 0.3) is 22.6 Å². The summed E-state index contributed by atoms with van der Waals surface area (Å²) in [5, 5.41) is 22.2. The molecule has 3 heterocycles. The third-order valence-electron chi connectivity index (χ3n) is 7.38. The molecule has 3 aromatic rings. The van der Waals surface area contributed by atoms with Crippen LogP contribution in [0.5, 0.6) is 5.75 Å². The molecule has 2 atom stereocenters. The first-order valence-electron chi connectivity index (χ1n) is 12.4. The monoisotopic (exact) mass is 528 g/mol. The number of imidazole rings is 1. The Morgan fingerprint density at radius 1 is 1.15 bits per heavy atom. The van der Waals surface area contributed by atoms with Gasteiger partial charge in [-0.1, -0.05) is 25.7 Å². The molecule has 1 aliphatic heterocycles. The van der Waals surface area contributed by atoms with Crippen molar-refractivity contribution in [3.05, 3.63) is 41.0 Å². The second-order valence-electron chi connectivity index (χ2n) is 9.69. The lowest BCUT2D eigenvalue weighted by molar-refractivity contribution is -0.134. The van der Waals surface area contributed by atoms with Crippen LogP contribution in [0.3, 0.4) is 0 Å². The summed E-state index contributed by atoms with van der Waals surface area (Å²) in [5.74, 6) is 1.58. The van der Waals surface area contributed by atoms with Crippen molar-refractivity contribution in [1.82, 2.24) is 19.9 Å². The smallest absolute Gasteiger partial charge is 0.178 e. The number of aliphatic hydroxyl groups excluding tert-OH is 1. The standard InChI is InChI=1S/C26H33BrN4O3/c27-19-16-21-25(28-17-19)30-24(29-21)18-7-9-20(10-8-18)34-15-14-31-13-5-2-6-22(31)23(32)26(33)11-3-1-4-12-26/h7-10,16-17,22-23,32-33H,1-6,11-15H2,(H,28,29,30). The molecule has 1 saturated heterocycles. The van der Waals surface area contributed by atoms with Gasteiger partial charge in [0.2, 0.25) is 0 Å². The summed E-state index contributed by atoms with van der Waals surface area (Å²) < 4.78 is 6.95. The number of hydrogen-bond donors (Lipinski definition) is 3. The largest absolute Gasteiger partial charge is 0.492 e. The van der Waals surface area contributed by atoms with Gasteiger partial charge in [-0.05, 0) is 78.5 Å². The lowest BCUT2D eigenvalue weighted by Gasteiger charge is -2.45. The zero-order chi connectivity index (χ0) is 23.5. The summed E-state index contributed by atoms with van der Waals surface area (Å²) in [7, 11) is 0. The fourth-order valence-electron chi connectivity index (χ4n) is 5.47. The number of ether oxygens (including phenoxy) is 1. The molecule has 0 spiro atoms. The number of benzene rings is 1. The molecular formula is C26H33BrN4O3. The maximum atomic E-state index is 11.1. The number of aliphatic hydroxyl groups is 2. The molecule has 1 saturated carbocycles.